The molecule has 1 saturated heterocycles. The number of fused-ring (bicyclic) bond motifs is 1. The zero-order valence-electron chi connectivity index (χ0n) is 23.5. The van der Waals surface area contributed by atoms with Gasteiger partial charge in [0.25, 0.3) is 0 Å². The van der Waals surface area contributed by atoms with Crippen molar-refractivity contribution in [2.45, 2.75) is 78.6 Å². The molecule has 2 aromatic heterocycles. The molecule has 3 aromatic rings. The van der Waals surface area contributed by atoms with Crippen LogP contribution in [0, 0.1) is 5.41 Å². The molecule has 0 aliphatic carbocycles. The van der Waals surface area contributed by atoms with E-state index in [-0.39, 0.29) is 5.78 Å². The van der Waals surface area contributed by atoms with Gasteiger partial charge in [0.15, 0.2) is 11.4 Å². The normalized spacial score (nSPS) is 16.4. The molecule has 37 heavy (non-hydrogen) atoms. The number of carbonyl (C=O) groups is 1. The first-order valence-corrected chi connectivity index (χ1v) is 17.0. The Kier molecular flexibility index (Phi) is 7.66. The molecule has 0 amide bonds. The highest BCUT2D eigenvalue weighted by molar-refractivity contribution is 6.76. The van der Waals surface area contributed by atoms with E-state index < -0.39 is 19.1 Å². The van der Waals surface area contributed by atoms with Crippen molar-refractivity contribution in [1.29, 1.82) is 0 Å². The lowest BCUT2D eigenvalue weighted by molar-refractivity contribution is 0.0351. The fourth-order valence-corrected chi connectivity index (χ4v) is 5.27. The van der Waals surface area contributed by atoms with Gasteiger partial charge in [-0.3, -0.25) is 4.79 Å². The van der Waals surface area contributed by atoms with Crippen LogP contribution in [0.25, 0.3) is 22.4 Å². The number of benzene rings is 1. The highest BCUT2D eigenvalue weighted by Crippen LogP contribution is 2.31. The van der Waals surface area contributed by atoms with Crippen molar-refractivity contribution in [3.8, 4) is 11.3 Å². The number of rotatable bonds is 8. The Hall–Kier alpha value is -2.55. The fourth-order valence-electron chi connectivity index (χ4n) is 4.51. The van der Waals surface area contributed by atoms with Crippen molar-refractivity contribution >= 4 is 30.7 Å². The summed E-state index contributed by atoms with van der Waals surface area (Å²) in [6.07, 6.45) is 5.13. The number of nitrogens with zero attached hydrogens (tertiary/aromatic N) is 4. The maximum absolute atomic E-state index is 13.4. The number of anilines is 1. The number of carbonyl (C=O) groups excluding carboxylic acids is 1. The van der Waals surface area contributed by atoms with Crippen molar-refractivity contribution < 1.29 is 14.6 Å². The molecule has 200 valence electrons. The maximum Gasteiger partial charge on any atom is 0.171 e. The van der Waals surface area contributed by atoms with Crippen LogP contribution in [0.5, 0.6) is 0 Å². The van der Waals surface area contributed by atoms with E-state index in [2.05, 4.69) is 36.7 Å². The van der Waals surface area contributed by atoms with E-state index in [4.69, 9.17) is 14.7 Å². The summed E-state index contributed by atoms with van der Waals surface area (Å²) >= 11 is 0. The number of hydrogen-bond acceptors (Lipinski definition) is 6. The molecule has 1 aliphatic rings. The minimum atomic E-state index is -1.19. The summed E-state index contributed by atoms with van der Waals surface area (Å²) in [6, 6.07) is 9.36. The molecule has 8 heteroatoms. The molecule has 1 N–H and O–H groups in total. The molecule has 3 heterocycles. The van der Waals surface area contributed by atoms with Crippen LogP contribution >= 0.6 is 0 Å². The number of hydrogen-bond donors (Lipinski definition) is 1. The zero-order valence-corrected chi connectivity index (χ0v) is 24.5. The number of ether oxygens (including phenoxy) is 1. The number of Topliss-reactive ketones (excluding diaryl/α,β-unsaturated/α-hetero) is 1. The van der Waals surface area contributed by atoms with Gasteiger partial charge in [0.05, 0.1) is 23.1 Å². The van der Waals surface area contributed by atoms with Gasteiger partial charge >= 0.3 is 0 Å². The summed E-state index contributed by atoms with van der Waals surface area (Å²) in [5, 5.41) is 10.3. The average molecular weight is 523 g/mol. The second kappa shape index (κ2) is 10.3. The third kappa shape index (κ3) is 6.66. The first-order valence-electron chi connectivity index (χ1n) is 13.3. The van der Waals surface area contributed by atoms with Crippen molar-refractivity contribution in [3.05, 3.63) is 42.2 Å². The molecule has 0 spiro atoms. The van der Waals surface area contributed by atoms with Crippen LogP contribution in [-0.2, 0) is 11.5 Å². The lowest BCUT2D eigenvalue weighted by atomic mass is 9.87. The Morgan fingerprint density at radius 3 is 2.54 bits per heavy atom. The summed E-state index contributed by atoms with van der Waals surface area (Å²) < 4.78 is 7.90. The van der Waals surface area contributed by atoms with Crippen LogP contribution in [0.15, 0.2) is 36.7 Å². The van der Waals surface area contributed by atoms with Gasteiger partial charge in [-0.25, -0.2) is 9.97 Å². The molecule has 1 aliphatic heterocycles. The Labute approximate surface area is 221 Å². The fraction of sp³-hybridized carbons (Fsp3) is 0.552. The first kappa shape index (κ1) is 27.5. The number of ketones is 1. The topological polar surface area (TPSA) is 80.5 Å². The molecule has 0 unspecified atom stereocenters. The largest absolute Gasteiger partial charge is 0.390 e. The van der Waals surface area contributed by atoms with Crippen LogP contribution < -0.4 is 4.90 Å². The second-order valence-corrected chi connectivity index (χ2v) is 18.5. The van der Waals surface area contributed by atoms with Crippen molar-refractivity contribution in [2.24, 2.45) is 5.41 Å². The molecule has 0 saturated carbocycles. The highest BCUT2D eigenvalue weighted by atomic mass is 28.3. The van der Waals surface area contributed by atoms with Crippen LogP contribution in [0.1, 0.15) is 50.9 Å². The lowest BCUT2D eigenvalue weighted by Gasteiger charge is -2.37. The van der Waals surface area contributed by atoms with Gasteiger partial charge in [0.2, 0.25) is 0 Å². The Morgan fingerprint density at radius 1 is 1.19 bits per heavy atom. The number of aliphatic hydroxyl groups is 1. The van der Waals surface area contributed by atoms with Gasteiger partial charge in [-0.1, -0.05) is 52.5 Å². The van der Waals surface area contributed by atoms with Crippen molar-refractivity contribution in [2.75, 3.05) is 24.6 Å². The first-order chi connectivity index (χ1) is 17.2. The van der Waals surface area contributed by atoms with E-state index in [1.54, 1.807) is 6.20 Å². The SMILES string of the molecule is CC1(O)CCN(c2cccc(-c3cnc4c(n3)c(C(=O)C(C)(C)C)cn4COCC[Si](C)(C)C)c2)CC1. The van der Waals surface area contributed by atoms with Crippen LogP contribution in [-0.4, -0.2) is 58.8 Å². The van der Waals surface area contributed by atoms with E-state index >= 15 is 0 Å². The zero-order chi connectivity index (χ0) is 27.0. The molecular weight excluding hydrogens is 480 g/mol. The van der Waals surface area contributed by atoms with Crippen molar-refractivity contribution in [3.63, 3.8) is 0 Å². The van der Waals surface area contributed by atoms with Gasteiger partial charge in [-0.2, -0.15) is 0 Å². The molecule has 4 rings (SSSR count). The molecule has 0 bridgehead atoms. The lowest BCUT2D eigenvalue weighted by Crippen LogP contribution is -2.42. The molecule has 1 fully saturated rings. The van der Waals surface area contributed by atoms with Gasteiger partial charge in [-0.15, -0.1) is 0 Å². The van der Waals surface area contributed by atoms with E-state index in [1.165, 1.54) is 0 Å². The third-order valence-electron chi connectivity index (χ3n) is 7.07. The number of piperidine rings is 1. The molecule has 0 radical (unpaired) electrons. The second-order valence-electron chi connectivity index (χ2n) is 12.9. The van der Waals surface area contributed by atoms with E-state index in [0.717, 1.165) is 48.9 Å². The molecule has 7 nitrogen and oxygen atoms in total. The monoisotopic (exact) mass is 522 g/mol. The highest BCUT2D eigenvalue weighted by Gasteiger charge is 2.29. The van der Waals surface area contributed by atoms with Gasteiger partial charge in [0, 0.05) is 50.6 Å². The van der Waals surface area contributed by atoms with Crippen molar-refractivity contribution in [1.82, 2.24) is 14.5 Å². The summed E-state index contributed by atoms with van der Waals surface area (Å²) in [4.78, 5) is 25.4. The van der Waals surface area contributed by atoms with E-state index in [0.29, 0.717) is 30.1 Å². The Balaban J connectivity index is 1.65. The van der Waals surface area contributed by atoms with E-state index in [9.17, 15) is 9.90 Å². The standard InChI is InChI=1S/C29H42N4O3Si/c1-28(2,3)26(34)23-19-33(20-36-15-16-37(5,6)7)27-25(23)31-24(18-30-27)21-9-8-10-22(17-21)32-13-11-29(4,35)12-14-32/h8-10,17-19,35H,11-16,20H2,1-7H3. The van der Waals surface area contributed by atoms with Crippen LogP contribution in [0.4, 0.5) is 5.69 Å². The molecule has 1 aromatic carbocycles. The smallest absolute Gasteiger partial charge is 0.171 e. The summed E-state index contributed by atoms with van der Waals surface area (Å²) in [5.41, 5.74) is 3.53. The summed E-state index contributed by atoms with van der Waals surface area (Å²) in [5.74, 6) is 0.0407. The van der Waals surface area contributed by atoms with E-state index in [1.807, 2.05) is 50.6 Å². The quantitative estimate of drug-likeness (QED) is 0.222. The minimum absolute atomic E-state index is 0.0407. The van der Waals surface area contributed by atoms with Gasteiger partial charge in [-0.05, 0) is 37.9 Å². The summed E-state index contributed by atoms with van der Waals surface area (Å²) in [7, 11) is -1.19. The average Bonchev–Trinajstić information content (AvgIpc) is 3.18. The third-order valence-corrected chi connectivity index (χ3v) is 8.77. The maximum atomic E-state index is 13.4. The number of aromatic nitrogens is 3. The molecular formula is C29H42N4O3Si. The summed E-state index contributed by atoms with van der Waals surface area (Å²) in [6.45, 7) is 17.4. The molecule has 0 atom stereocenters. The Morgan fingerprint density at radius 2 is 1.89 bits per heavy atom. The van der Waals surface area contributed by atoms with Gasteiger partial charge in [0.1, 0.15) is 12.2 Å². The van der Waals surface area contributed by atoms with Crippen LogP contribution in [0.3, 0.4) is 0 Å². The van der Waals surface area contributed by atoms with Crippen LogP contribution in [0.2, 0.25) is 25.7 Å². The predicted molar refractivity (Wildman–Crippen MR) is 153 cm³/mol. The van der Waals surface area contributed by atoms with Gasteiger partial charge < -0.3 is 19.3 Å². The minimum Gasteiger partial charge on any atom is -0.390 e. The predicted octanol–water partition coefficient (Wildman–Crippen LogP) is 5.99. The Bertz CT molecular complexity index is 1260.